The lowest BCUT2D eigenvalue weighted by atomic mass is 10.0. The van der Waals surface area contributed by atoms with Crippen molar-refractivity contribution >= 4 is 5.97 Å². The highest BCUT2D eigenvalue weighted by Crippen LogP contribution is 2.24. The van der Waals surface area contributed by atoms with E-state index in [1.165, 1.54) is 6.07 Å². The Bertz CT molecular complexity index is 657. The minimum absolute atomic E-state index is 0.0851. The monoisotopic (exact) mass is 296 g/mol. The molecule has 1 aromatic carbocycles. The zero-order valence-corrected chi connectivity index (χ0v) is 11.5. The molecule has 6 nitrogen and oxygen atoms in total. The third-order valence-electron chi connectivity index (χ3n) is 2.95. The lowest BCUT2D eigenvalue weighted by Crippen LogP contribution is -2.23. The number of nitrogens with zero attached hydrogens (tertiary/aromatic N) is 4. The van der Waals surface area contributed by atoms with Gasteiger partial charge in [-0.1, -0.05) is 13.8 Å². The molecule has 1 heterocycles. The standard InChI is InChI=1S/C13H14F2N4O2/c1-7(2)5-11(13(20)21)19-12(16-17-18-19)8-3-4-9(14)10(15)6-8/h3-4,6-7,11H,5H2,1-2H3,(H,20,21). The van der Waals surface area contributed by atoms with E-state index < -0.39 is 23.6 Å². The molecule has 1 N–H and O–H groups in total. The van der Waals surface area contributed by atoms with E-state index in [-0.39, 0.29) is 17.3 Å². The SMILES string of the molecule is CC(C)CC(C(=O)O)n1nnnc1-c1ccc(F)c(F)c1. The average Bonchev–Trinajstić information content (AvgIpc) is 2.87. The number of carbonyl (C=O) groups is 1. The van der Waals surface area contributed by atoms with E-state index in [2.05, 4.69) is 15.5 Å². The second-order valence-corrected chi connectivity index (χ2v) is 5.06. The van der Waals surface area contributed by atoms with E-state index in [4.69, 9.17) is 0 Å². The van der Waals surface area contributed by atoms with Crippen LogP contribution in [0.5, 0.6) is 0 Å². The second-order valence-electron chi connectivity index (χ2n) is 5.06. The summed E-state index contributed by atoms with van der Waals surface area (Å²) >= 11 is 0. The first kappa shape index (κ1) is 15.0. The maximum Gasteiger partial charge on any atom is 0.328 e. The molecule has 1 unspecified atom stereocenters. The summed E-state index contributed by atoms with van der Waals surface area (Å²) < 4.78 is 27.4. The molecule has 2 aromatic rings. The summed E-state index contributed by atoms with van der Waals surface area (Å²) in [5, 5.41) is 20.2. The van der Waals surface area contributed by atoms with Crippen LogP contribution in [-0.4, -0.2) is 31.3 Å². The van der Waals surface area contributed by atoms with Crippen molar-refractivity contribution in [2.45, 2.75) is 26.3 Å². The lowest BCUT2D eigenvalue weighted by Gasteiger charge is -2.16. The Balaban J connectivity index is 2.45. The van der Waals surface area contributed by atoms with E-state index in [1.54, 1.807) is 0 Å². The van der Waals surface area contributed by atoms with Gasteiger partial charge in [0.1, 0.15) is 0 Å². The van der Waals surface area contributed by atoms with Gasteiger partial charge in [-0.05, 0) is 41.0 Å². The number of hydrogen-bond acceptors (Lipinski definition) is 4. The molecule has 0 aliphatic carbocycles. The zero-order valence-electron chi connectivity index (χ0n) is 11.5. The molecular weight excluding hydrogens is 282 g/mol. The van der Waals surface area contributed by atoms with Crippen LogP contribution in [0.4, 0.5) is 8.78 Å². The summed E-state index contributed by atoms with van der Waals surface area (Å²) in [7, 11) is 0. The first-order valence-electron chi connectivity index (χ1n) is 6.36. The number of carboxylic acids is 1. The highest BCUT2D eigenvalue weighted by molar-refractivity contribution is 5.72. The number of rotatable bonds is 5. The molecule has 0 saturated heterocycles. The predicted octanol–water partition coefficient (Wildman–Crippen LogP) is 2.29. The molecule has 0 spiro atoms. The number of tetrazole rings is 1. The Morgan fingerprint density at radius 3 is 2.62 bits per heavy atom. The van der Waals surface area contributed by atoms with Crippen molar-refractivity contribution in [1.82, 2.24) is 20.2 Å². The quantitative estimate of drug-likeness (QED) is 0.915. The summed E-state index contributed by atoms with van der Waals surface area (Å²) in [6, 6.07) is 2.21. The van der Waals surface area contributed by atoms with Crippen molar-refractivity contribution in [2.75, 3.05) is 0 Å². The molecule has 0 fully saturated rings. The largest absolute Gasteiger partial charge is 0.480 e. The first-order chi connectivity index (χ1) is 9.90. The summed E-state index contributed by atoms with van der Waals surface area (Å²) in [5.74, 6) is -2.93. The van der Waals surface area contributed by atoms with Crippen LogP contribution in [0.2, 0.25) is 0 Å². The molecule has 0 radical (unpaired) electrons. The number of carboxylic acid groups (broad SMARTS) is 1. The fourth-order valence-corrected chi connectivity index (χ4v) is 1.98. The van der Waals surface area contributed by atoms with E-state index in [0.29, 0.717) is 6.42 Å². The molecule has 1 atom stereocenters. The summed E-state index contributed by atoms with van der Waals surface area (Å²) in [4.78, 5) is 11.4. The smallest absolute Gasteiger partial charge is 0.328 e. The van der Waals surface area contributed by atoms with E-state index in [1.807, 2.05) is 13.8 Å². The highest BCUT2D eigenvalue weighted by Gasteiger charge is 2.26. The van der Waals surface area contributed by atoms with Gasteiger partial charge >= 0.3 is 5.97 Å². The van der Waals surface area contributed by atoms with Gasteiger partial charge < -0.3 is 5.11 Å². The van der Waals surface area contributed by atoms with Crippen molar-refractivity contribution < 1.29 is 18.7 Å². The summed E-state index contributed by atoms with van der Waals surface area (Å²) in [6.45, 7) is 3.75. The predicted molar refractivity (Wildman–Crippen MR) is 69.3 cm³/mol. The lowest BCUT2D eigenvalue weighted by molar-refractivity contribution is -0.141. The molecule has 112 valence electrons. The van der Waals surface area contributed by atoms with Crippen molar-refractivity contribution in [1.29, 1.82) is 0 Å². The van der Waals surface area contributed by atoms with Gasteiger partial charge in [0.25, 0.3) is 0 Å². The van der Waals surface area contributed by atoms with Crippen molar-refractivity contribution in [2.24, 2.45) is 5.92 Å². The molecule has 8 heteroatoms. The van der Waals surface area contributed by atoms with E-state index in [0.717, 1.165) is 16.8 Å². The Kier molecular flexibility index (Phi) is 4.25. The molecule has 2 rings (SSSR count). The van der Waals surface area contributed by atoms with Gasteiger partial charge in [-0.25, -0.2) is 18.3 Å². The minimum Gasteiger partial charge on any atom is -0.480 e. The molecule has 0 aliphatic rings. The van der Waals surface area contributed by atoms with Crippen molar-refractivity contribution in [3.05, 3.63) is 29.8 Å². The third kappa shape index (κ3) is 3.21. The maximum atomic E-state index is 13.3. The van der Waals surface area contributed by atoms with Gasteiger partial charge in [0.2, 0.25) is 0 Å². The van der Waals surface area contributed by atoms with Crippen LogP contribution in [-0.2, 0) is 4.79 Å². The third-order valence-corrected chi connectivity index (χ3v) is 2.95. The fraction of sp³-hybridized carbons (Fsp3) is 0.385. The highest BCUT2D eigenvalue weighted by atomic mass is 19.2. The van der Waals surface area contributed by atoms with Crippen LogP contribution < -0.4 is 0 Å². The Labute approximate surface area is 119 Å². The molecule has 21 heavy (non-hydrogen) atoms. The van der Waals surface area contributed by atoms with Gasteiger partial charge in [-0.15, -0.1) is 5.10 Å². The molecule has 0 bridgehead atoms. The van der Waals surface area contributed by atoms with E-state index >= 15 is 0 Å². The van der Waals surface area contributed by atoms with Crippen molar-refractivity contribution in [3.8, 4) is 11.4 Å². The van der Waals surface area contributed by atoms with Gasteiger partial charge in [0, 0.05) is 5.56 Å². The van der Waals surface area contributed by atoms with Crippen LogP contribution in [0, 0.1) is 17.6 Å². The van der Waals surface area contributed by atoms with Crippen LogP contribution in [0.3, 0.4) is 0 Å². The number of halogens is 2. The Hall–Kier alpha value is -2.38. The van der Waals surface area contributed by atoms with Crippen molar-refractivity contribution in [3.63, 3.8) is 0 Å². The topological polar surface area (TPSA) is 80.9 Å². The molecule has 0 amide bonds. The normalized spacial score (nSPS) is 12.6. The van der Waals surface area contributed by atoms with Crippen LogP contribution in [0.15, 0.2) is 18.2 Å². The van der Waals surface area contributed by atoms with Gasteiger partial charge in [-0.3, -0.25) is 0 Å². The number of aromatic nitrogens is 4. The van der Waals surface area contributed by atoms with Crippen LogP contribution in [0.25, 0.3) is 11.4 Å². The number of hydrogen-bond donors (Lipinski definition) is 1. The average molecular weight is 296 g/mol. The number of benzene rings is 1. The van der Waals surface area contributed by atoms with Gasteiger partial charge in [0.05, 0.1) is 0 Å². The second kappa shape index (κ2) is 5.94. The molecule has 1 aromatic heterocycles. The Morgan fingerprint density at radius 2 is 2.05 bits per heavy atom. The first-order valence-corrected chi connectivity index (χ1v) is 6.36. The van der Waals surface area contributed by atoms with E-state index in [9.17, 15) is 18.7 Å². The van der Waals surface area contributed by atoms with Gasteiger partial charge in [0.15, 0.2) is 23.5 Å². The van der Waals surface area contributed by atoms with Crippen LogP contribution in [0.1, 0.15) is 26.3 Å². The maximum absolute atomic E-state index is 13.3. The minimum atomic E-state index is -1.08. The molecule has 0 saturated carbocycles. The molecular formula is C13H14F2N4O2. The van der Waals surface area contributed by atoms with Gasteiger partial charge in [-0.2, -0.15) is 0 Å². The fourth-order valence-electron chi connectivity index (χ4n) is 1.98. The summed E-state index contributed by atoms with van der Waals surface area (Å²) in [6.07, 6.45) is 0.317. The zero-order chi connectivity index (χ0) is 15.6. The molecule has 0 aliphatic heterocycles. The summed E-state index contributed by atoms with van der Waals surface area (Å²) in [5.41, 5.74) is 0.217. The Morgan fingerprint density at radius 1 is 1.33 bits per heavy atom. The van der Waals surface area contributed by atoms with Crippen LogP contribution >= 0.6 is 0 Å². The number of aliphatic carboxylic acids is 1.